The molecule has 5 aliphatic rings. The van der Waals surface area contributed by atoms with Crippen LogP contribution in [-0.2, 0) is 9.59 Å². The zero-order valence-electron chi connectivity index (χ0n) is 21.7. The van der Waals surface area contributed by atoms with E-state index in [4.69, 9.17) is 4.74 Å². The third kappa shape index (κ3) is 4.14. The Kier molecular flexibility index (Phi) is 6.90. The molecule has 36 heavy (non-hydrogen) atoms. The lowest BCUT2D eigenvalue weighted by Gasteiger charge is -2.61. The zero-order valence-corrected chi connectivity index (χ0v) is 21.7. The minimum atomic E-state index is -0.955. The van der Waals surface area contributed by atoms with E-state index < -0.39 is 24.2 Å². The summed E-state index contributed by atoms with van der Waals surface area (Å²) in [6.45, 7) is 7.26. The van der Waals surface area contributed by atoms with Crippen LogP contribution in [0.5, 0.6) is 5.75 Å². The molecule has 196 valence electrons. The summed E-state index contributed by atoms with van der Waals surface area (Å²) in [6.07, 6.45) is 4.82. The van der Waals surface area contributed by atoms with Gasteiger partial charge in [0.1, 0.15) is 18.0 Å². The highest BCUT2D eigenvalue weighted by Crippen LogP contribution is 2.61. The Hall–Kier alpha value is -2.38. The van der Waals surface area contributed by atoms with Crippen LogP contribution in [0.3, 0.4) is 0 Å². The van der Waals surface area contributed by atoms with E-state index in [1.807, 2.05) is 36.1 Å². The number of carbonyl (C=O) groups is 2. The quantitative estimate of drug-likeness (QED) is 0.514. The van der Waals surface area contributed by atoms with Crippen LogP contribution in [-0.4, -0.2) is 64.9 Å². The van der Waals surface area contributed by atoms with Crippen molar-refractivity contribution in [3.8, 4) is 5.75 Å². The summed E-state index contributed by atoms with van der Waals surface area (Å²) in [6, 6.07) is 6.92. The predicted molar refractivity (Wildman–Crippen MR) is 136 cm³/mol. The summed E-state index contributed by atoms with van der Waals surface area (Å²) < 4.78 is 6.22. The van der Waals surface area contributed by atoms with Gasteiger partial charge >= 0.3 is 0 Å². The molecule has 0 radical (unpaired) electrons. The highest BCUT2D eigenvalue weighted by molar-refractivity contribution is 5.96. The maximum atomic E-state index is 13.5. The molecule has 1 aromatic carbocycles. The molecule has 2 amide bonds. The van der Waals surface area contributed by atoms with E-state index in [9.17, 15) is 19.8 Å². The van der Waals surface area contributed by atoms with Gasteiger partial charge in [-0.2, -0.15) is 0 Å². The van der Waals surface area contributed by atoms with Crippen LogP contribution in [0.25, 0.3) is 0 Å². The van der Waals surface area contributed by atoms with Gasteiger partial charge in [0.2, 0.25) is 11.8 Å². The molecule has 4 aliphatic carbocycles. The molecule has 7 heteroatoms. The number of benzene rings is 1. The van der Waals surface area contributed by atoms with Crippen molar-refractivity contribution in [2.24, 2.45) is 23.2 Å². The van der Waals surface area contributed by atoms with Gasteiger partial charge in [-0.3, -0.25) is 9.59 Å². The third-order valence-corrected chi connectivity index (χ3v) is 9.45. The van der Waals surface area contributed by atoms with Gasteiger partial charge in [0.05, 0.1) is 18.6 Å². The summed E-state index contributed by atoms with van der Waals surface area (Å²) in [5.41, 5.74) is 1.65. The van der Waals surface area contributed by atoms with Crippen molar-refractivity contribution in [3.63, 3.8) is 0 Å². The molecule has 3 fully saturated rings. The number of hydrogen-bond donors (Lipinski definition) is 3. The Morgan fingerprint density at radius 2 is 2.00 bits per heavy atom. The number of rotatable bonds is 8. The molecule has 0 unspecified atom stereocenters. The van der Waals surface area contributed by atoms with Crippen molar-refractivity contribution in [1.29, 1.82) is 0 Å². The van der Waals surface area contributed by atoms with Crippen LogP contribution in [0, 0.1) is 23.2 Å². The predicted octanol–water partition coefficient (Wildman–Crippen LogP) is 3.01. The van der Waals surface area contributed by atoms with Crippen molar-refractivity contribution in [2.45, 2.75) is 77.0 Å². The Morgan fingerprint density at radius 1 is 1.22 bits per heavy atom. The number of carbonyl (C=O) groups excluding carboxylic acids is 2. The van der Waals surface area contributed by atoms with E-state index in [2.05, 4.69) is 19.2 Å². The number of ether oxygens (including phenoxy) is 1. The van der Waals surface area contributed by atoms with Crippen LogP contribution >= 0.6 is 0 Å². The molecule has 3 saturated carbocycles. The molecule has 7 nitrogen and oxygen atoms in total. The van der Waals surface area contributed by atoms with Crippen LogP contribution in [0.4, 0.5) is 0 Å². The molecule has 6 rings (SSSR count). The first-order valence-corrected chi connectivity index (χ1v) is 13.6. The maximum absolute atomic E-state index is 13.5. The van der Waals surface area contributed by atoms with E-state index in [1.165, 1.54) is 12.8 Å². The molecular formula is C29H40N2O5. The van der Waals surface area contributed by atoms with E-state index in [1.54, 1.807) is 6.08 Å². The first-order valence-electron chi connectivity index (χ1n) is 13.6. The molecule has 1 aliphatic heterocycles. The van der Waals surface area contributed by atoms with E-state index in [-0.39, 0.29) is 25.0 Å². The first-order chi connectivity index (χ1) is 17.3. The summed E-state index contributed by atoms with van der Waals surface area (Å²) in [4.78, 5) is 28.6. The lowest BCUT2D eigenvalue weighted by Crippen LogP contribution is -2.59. The fourth-order valence-corrected chi connectivity index (χ4v) is 7.37. The molecule has 0 spiro atoms. The maximum Gasteiger partial charge on any atom is 0.247 e. The smallest absolute Gasteiger partial charge is 0.247 e. The SMILES string of the molecule is CCCC(=O)N(C[C@@H]1CC[C@H]2C[C@@H]1C2(C)C)[C@@H]1C=C(C(=O)NCCO)[C@@H]2c3ccccc3O[C@@H]2[C@H]1O. The lowest BCUT2D eigenvalue weighted by molar-refractivity contribution is -0.146. The summed E-state index contributed by atoms with van der Waals surface area (Å²) in [5, 5.41) is 23.7. The average Bonchev–Trinajstić information content (AvgIpc) is 3.27. The second kappa shape index (κ2) is 9.82. The zero-order chi connectivity index (χ0) is 25.6. The van der Waals surface area contributed by atoms with Crippen LogP contribution in [0.1, 0.15) is 64.4 Å². The van der Waals surface area contributed by atoms with Crippen molar-refractivity contribution >= 4 is 11.8 Å². The lowest BCUT2D eigenvalue weighted by atomic mass is 9.45. The molecule has 0 aromatic heterocycles. The Bertz CT molecular complexity index is 1030. The number of hydrogen-bond acceptors (Lipinski definition) is 5. The van der Waals surface area contributed by atoms with Crippen molar-refractivity contribution in [2.75, 3.05) is 19.7 Å². The topological polar surface area (TPSA) is 99.1 Å². The fourth-order valence-electron chi connectivity index (χ4n) is 7.37. The number of amides is 2. The Labute approximate surface area is 213 Å². The van der Waals surface area contributed by atoms with Gasteiger partial charge in [-0.15, -0.1) is 0 Å². The third-order valence-electron chi connectivity index (χ3n) is 9.45. The molecule has 2 bridgehead atoms. The normalized spacial score (nSPS) is 33.4. The van der Waals surface area contributed by atoms with Crippen LogP contribution < -0.4 is 10.1 Å². The number of nitrogens with zero attached hydrogens (tertiary/aromatic N) is 1. The number of nitrogens with one attached hydrogen (secondary N) is 1. The van der Waals surface area contributed by atoms with Crippen molar-refractivity contribution in [1.82, 2.24) is 10.2 Å². The second-order valence-electron chi connectivity index (χ2n) is 11.7. The van der Waals surface area contributed by atoms with Gasteiger partial charge < -0.3 is 25.2 Å². The molecular weight excluding hydrogens is 456 g/mol. The van der Waals surface area contributed by atoms with Crippen molar-refractivity contribution < 1.29 is 24.5 Å². The standard InChI is InChI=1S/C29H40N2O5/c1-4-7-24(33)31(16-17-10-11-18-14-21(17)29(18,2)3)22-15-20(28(35)30-12-13-32)25-19-8-5-6-9-23(19)36-27(25)26(22)34/h5-6,8-9,15,17-18,21-22,25-27,32,34H,4,7,10-14,16H2,1-3H3,(H,30,35)/t17-,18-,21-,22+,25-,26-,27-/m0/s1. The number of aliphatic hydroxyl groups is 2. The van der Waals surface area contributed by atoms with Gasteiger partial charge in [0.25, 0.3) is 0 Å². The molecule has 3 N–H and O–H groups in total. The average molecular weight is 497 g/mol. The van der Waals surface area contributed by atoms with Gasteiger partial charge in [0.15, 0.2) is 0 Å². The van der Waals surface area contributed by atoms with Crippen LogP contribution in [0.2, 0.25) is 0 Å². The van der Waals surface area contributed by atoms with Gasteiger partial charge in [-0.25, -0.2) is 0 Å². The van der Waals surface area contributed by atoms with E-state index in [0.717, 1.165) is 24.3 Å². The van der Waals surface area contributed by atoms with E-state index in [0.29, 0.717) is 41.5 Å². The first kappa shape index (κ1) is 25.3. The Balaban J connectivity index is 1.50. The van der Waals surface area contributed by atoms with Gasteiger partial charge in [-0.1, -0.05) is 39.0 Å². The van der Waals surface area contributed by atoms with Gasteiger partial charge in [0, 0.05) is 30.6 Å². The highest BCUT2D eigenvalue weighted by atomic mass is 16.5. The summed E-state index contributed by atoms with van der Waals surface area (Å²) >= 11 is 0. The number of aliphatic hydroxyl groups excluding tert-OH is 2. The van der Waals surface area contributed by atoms with Gasteiger partial charge in [-0.05, 0) is 61.0 Å². The van der Waals surface area contributed by atoms with Crippen LogP contribution in [0.15, 0.2) is 35.9 Å². The molecule has 1 aromatic rings. The largest absolute Gasteiger partial charge is 0.486 e. The molecule has 0 saturated heterocycles. The van der Waals surface area contributed by atoms with Crippen molar-refractivity contribution in [3.05, 3.63) is 41.5 Å². The summed E-state index contributed by atoms with van der Waals surface area (Å²) in [5.74, 6) is 1.69. The molecule has 7 atom stereocenters. The second-order valence-corrected chi connectivity index (χ2v) is 11.7. The number of para-hydroxylation sites is 1. The minimum absolute atomic E-state index is 0.0149. The Morgan fingerprint density at radius 3 is 2.69 bits per heavy atom. The fraction of sp³-hybridized carbons (Fsp3) is 0.655. The minimum Gasteiger partial charge on any atom is -0.486 e. The highest BCUT2D eigenvalue weighted by Gasteiger charge is 2.56. The molecule has 1 heterocycles. The summed E-state index contributed by atoms with van der Waals surface area (Å²) in [7, 11) is 0. The number of fused-ring (bicyclic) bond motifs is 5. The monoisotopic (exact) mass is 496 g/mol. The van der Waals surface area contributed by atoms with E-state index >= 15 is 0 Å².